The van der Waals surface area contributed by atoms with E-state index in [2.05, 4.69) is 25.7 Å². The van der Waals surface area contributed by atoms with Gasteiger partial charge in [-0.2, -0.15) is 0 Å². The summed E-state index contributed by atoms with van der Waals surface area (Å²) in [5.41, 5.74) is 0. The van der Waals surface area contributed by atoms with Crippen molar-refractivity contribution in [3.8, 4) is 11.5 Å². The molecule has 0 aliphatic rings. The fourth-order valence-corrected chi connectivity index (χ4v) is 4.06. The van der Waals surface area contributed by atoms with Gasteiger partial charge in [-0.1, -0.05) is 30.0 Å². The predicted molar refractivity (Wildman–Crippen MR) is 116 cm³/mol. The normalized spacial score (nSPS) is 13.0. The molecular weight excluding hydrogens is 424 g/mol. The first-order valence-electron chi connectivity index (χ1n) is 9.41. The highest BCUT2D eigenvalue weighted by molar-refractivity contribution is 8.00. The standard InChI is InChI=1S/C19H24N6O3S2/c1-6-15-21-23-18(30-15)20-17(26)12(3)29-19-24-22-16(25(19)4)11(2)28-14-9-7-13(27-5)8-10-14/h7-12H,6H2,1-5H3,(H,20,23,26). The number of rotatable bonds is 9. The fourth-order valence-electron chi connectivity index (χ4n) is 2.56. The molecule has 0 fully saturated rings. The van der Waals surface area contributed by atoms with Gasteiger partial charge in [0.15, 0.2) is 17.1 Å². The van der Waals surface area contributed by atoms with Crippen molar-refractivity contribution in [2.45, 2.75) is 43.7 Å². The van der Waals surface area contributed by atoms with E-state index in [-0.39, 0.29) is 17.3 Å². The molecule has 1 N–H and O–H groups in total. The van der Waals surface area contributed by atoms with Crippen molar-refractivity contribution in [1.82, 2.24) is 25.0 Å². The maximum Gasteiger partial charge on any atom is 0.239 e. The number of thioether (sulfide) groups is 1. The summed E-state index contributed by atoms with van der Waals surface area (Å²) in [5.74, 6) is 1.97. The molecule has 0 bridgehead atoms. The van der Waals surface area contributed by atoms with Crippen LogP contribution in [0.3, 0.4) is 0 Å². The number of carbonyl (C=O) groups excluding carboxylic acids is 1. The number of aryl methyl sites for hydroxylation is 1. The highest BCUT2D eigenvalue weighted by atomic mass is 32.2. The average Bonchev–Trinajstić information content (AvgIpc) is 3.35. The van der Waals surface area contributed by atoms with Crippen molar-refractivity contribution in [2.75, 3.05) is 12.4 Å². The van der Waals surface area contributed by atoms with Gasteiger partial charge in [-0.15, -0.1) is 20.4 Å². The van der Waals surface area contributed by atoms with E-state index in [1.807, 2.05) is 56.7 Å². The third kappa shape index (κ3) is 5.28. The van der Waals surface area contributed by atoms with Gasteiger partial charge in [0.25, 0.3) is 0 Å². The largest absolute Gasteiger partial charge is 0.497 e. The quantitative estimate of drug-likeness (QED) is 0.496. The molecule has 3 aromatic rings. The smallest absolute Gasteiger partial charge is 0.239 e. The Balaban J connectivity index is 1.61. The molecule has 2 atom stereocenters. The molecule has 3 rings (SSSR count). The molecule has 0 spiro atoms. The van der Waals surface area contributed by atoms with Crippen molar-refractivity contribution in [3.63, 3.8) is 0 Å². The minimum absolute atomic E-state index is 0.161. The number of aromatic nitrogens is 5. The van der Waals surface area contributed by atoms with Crippen LogP contribution in [0.4, 0.5) is 5.13 Å². The first-order valence-corrected chi connectivity index (χ1v) is 11.1. The molecule has 2 heterocycles. The molecule has 0 aliphatic carbocycles. The van der Waals surface area contributed by atoms with Crippen molar-refractivity contribution < 1.29 is 14.3 Å². The topological polar surface area (TPSA) is 104 Å². The van der Waals surface area contributed by atoms with Crippen LogP contribution in [0.2, 0.25) is 0 Å². The molecule has 0 saturated carbocycles. The number of hydrogen-bond donors (Lipinski definition) is 1. The summed E-state index contributed by atoms with van der Waals surface area (Å²) in [4.78, 5) is 12.5. The van der Waals surface area contributed by atoms with Gasteiger partial charge in [-0.3, -0.25) is 10.1 Å². The molecule has 11 heteroatoms. The molecule has 30 heavy (non-hydrogen) atoms. The van der Waals surface area contributed by atoms with E-state index in [4.69, 9.17) is 9.47 Å². The third-order valence-corrected chi connectivity index (χ3v) is 6.37. The number of methoxy groups -OCH3 is 1. The van der Waals surface area contributed by atoms with E-state index in [0.29, 0.717) is 21.9 Å². The lowest BCUT2D eigenvalue weighted by molar-refractivity contribution is -0.115. The number of anilines is 1. The lowest BCUT2D eigenvalue weighted by atomic mass is 10.3. The Hall–Kier alpha value is -2.66. The number of amides is 1. The van der Waals surface area contributed by atoms with Gasteiger partial charge in [0.05, 0.1) is 12.4 Å². The molecule has 2 aromatic heterocycles. The summed E-state index contributed by atoms with van der Waals surface area (Å²) in [6.07, 6.45) is 0.472. The summed E-state index contributed by atoms with van der Waals surface area (Å²) in [5, 5.41) is 20.9. The molecule has 1 aromatic carbocycles. The maximum absolute atomic E-state index is 12.5. The van der Waals surface area contributed by atoms with Gasteiger partial charge in [0.2, 0.25) is 11.0 Å². The van der Waals surface area contributed by atoms with Crippen LogP contribution in [-0.2, 0) is 18.3 Å². The van der Waals surface area contributed by atoms with Crippen LogP contribution in [-0.4, -0.2) is 43.2 Å². The molecule has 9 nitrogen and oxygen atoms in total. The van der Waals surface area contributed by atoms with Crippen LogP contribution in [0.25, 0.3) is 0 Å². The molecule has 0 radical (unpaired) electrons. The molecule has 2 unspecified atom stereocenters. The number of benzene rings is 1. The summed E-state index contributed by atoms with van der Waals surface area (Å²) in [6, 6.07) is 7.35. The molecule has 0 aliphatic heterocycles. The molecule has 0 saturated heterocycles. The number of hydrogen-bond acceptors (Lipinski definition) is 9. The Morgan fingerprint density at radius 3 is 2.50 bits per heavy atom. The zero-order chi connectivity index (χ0) is 21.7. The van der Waals surface area contributed by atoms with E-state index in [1.54, 1.807) is 7.11 Å². The van der Waals surface area contributed by atoms with Crippen LogP contribution in [0.1, 0.15) is 37.7 Å². The maximum atomic E-state index is 12.5. The van der Waals surface area contributed by atoms with Gasteiger partial charge in [-0.25, -0.2) is 0 Å². The van der Waals surface area contributed by atoms with Crippen LogP contribution in [0.15, 0.2) is 29.4 Å². The van der Waals surface area contributed by atoms with E-state index in [0.717, 1.165) is 17.2 Å². The Morgan fingerprint density at radius 1 is 1.17 bits per heavy atom. The Morgan fingerprint density at radius 2 is 1.87 bits per heavy atom. The van der Waals surface area contributed by atoms with Crippen LogP contribution >= 0.6 is 23.1 Å². The van der Waals surface area contributed by atoms with Crippen LogP contribution in [0, 0.1) is 0 Å². The monoisotopic (exact) mass is 448 g/mol. The van der Waals surface area contributed by atoms with Crippen LogP contribution in [0.5, 0.6) is 11.5 Å². The van der Waals surface area contributed by atoms with Crippen molar-refractivity contribution in [3.05, 3.63) is 35.1 Å². The highest BCUT2D eigenvalue weighted by Crippen LogP contribution is 2.27. The second kappa shape index (κ2) is 9.90. The van der Waals surface area contributed by atoms with Gasteiger partial charge in [0, 0.05) is 7.05 Å². The van der Waals surface area contributed by atoms with Crippen molar-refractivity contribution in [2.24, 2.45) is 7.05 Å². The second-order valence-corrected chi connectivity index (χ2v) is 8.81. The lowest BCUT2D eigenvalue weighted by Crippen LogP contribution is -2.22. The van der Waals surface area contributed by atoms with Crippen molar-refractivity contribution in [1.29, 1.82) is 0 Å². The third-order valence-electron chi connectivity index (χ3n) is 4.26. The van der Waals surface area contributed by atoms with E-state index >= 15 is 0 Å². The minimum Gasteiger partial charge on any atom is -0.497 e. The zero-order valence-corrected chi connectivity index (χ0v) is 19.1. The predicted octanol–water partition coefficient (Wildman–Crippen LogP) is 3.50. The summed E-state index contributed by atoms with van der Waals surface area (Å²) >= 11 is 2.70. The van der Waals surface area contributed by atoms with E-state index in [1.165, 1.54) is 23.1 Å². The van der Waals surface area contributed by atoms with E-state index < -0.39 is 0 Å². The average molecular weight is 449 g/mol. The zero-order valence-electron chi connectivity index (χ0n) is 17.4. The Labute approximate surface area is 183 Å². The second-order valence-electron chi connectivity index (χ2n) is 6.44. The highest BCUT2D eigenvalue weighted by Gasteiger charge is 2.22. The number of ether oxygens (including phenoxy) is 2. The number of nitrogens with one attached hydrogen (secondary N) is 1. The minimum atomic E-state index is -0.382. The van der Waals surface area contributed by atoms with Gasteiger partial charge >= 0.3 is 0 Å². The van der Waals surface area contributed by atoms with Gasteiger partial charge in [-0.05, 0) is 44.5 Å². The summed E-state index contributed by atoms with van der Waals surface area (Å²) < 4.78 is 13.0. The first-order chi connectivity index (χ1) is 14.4. The van der Waals surface area contributed by atoms with Crippen LogP contribution < -0.4 is 14.8 Å². The number of nitrogens with zero attached hydrogens (tertiary/aromatic N) is 5. The first kappa shape index (κ1) is 22.0. The molecule has 1 amide bonds. The Bertz CT molecular complexity index is 989. The van der Waals surface area contributed by atoms with Crippen molar-refractivity contribution >= 4 is 34.1 Å². The summed E-state index contributed by atoms with van der Waals surface area (Å²) in [7, 11) is 3.48. The summed E-state index contributed by atoms with van der Waals surface area (Å²) in [6.45, 7) is 5.71. The number of carbonyl (C=O) groups is 1. The fraction of sp³-hybridized carbons (Fsp3) is 0.421. The molecular formula is C19H24N6O3S2. The van der Waals surface area contributed by atoms with Gasteiger partial charge < -0.3 is 14.0 Å². The van der Waals surface area contributed by atoms with E-state index in [9.17, 15) is 4.79 Å². The Kier molecular flexibility index (Phi) is 7.27. The SMILES string of the molecule is CCc1nnc(NC(=O)C(C)Sc2nnc(C(C)Oc3ccc(OC)cc3)n2C)s1. The van der Waals surface area contributed by atoms with Gasteiger partial charge in [0.1, 0.15) is 16.5 Å². The lowest BCUT2D eigenvalue weighted by Gasteiger charge is -2.15. The molecule has 160 valence electrons.